The molecule has 1 heterocycles. The summed E-state index contributed by atoms with van der Waals surface area (Å²) in [4.78, 5) is 12.6. The highest BCUT2D eigenvalue weighted by molar-refractivity contribution is 5.69. The van der Waals surface area contributed by atoms with E-state index in [4.69, 9.17) is 18.9 Å². The summed E-state index contributed by atoms with van der Waals surface area (Å²) in [5.74, 6) is -0.328. The van der Waals surface area contributed by atoms with Crippen molar-refractivity contribution in [2.75, 3.05) is 26.4 Å². The first-order valence-electron chi connectivity index (χ1n) is 18.1. The normalized spacial score (nSPS) is 22.8. The van der Waals surface area contributed by atoms with Gasteiger partial charge in [-0.25, -0.2) is 0 Å². The Kier molecular flexibility index (Phi) is 27.3. The lowest BCUT2D eigenvalue weighted by Gasteiger charge is -2.39. The molecule has 6 atom stereocenters. The largest absolute Gasteiger partial charge is 0.457 e. The van der Waals surface area contributed by atoms with E-state index in [1.807, 2.05) is 0 Å². The zero-order chi connectivity index (χ0) is 33.7. The zero-order valence-corrected chi connectivity index (χ0v) is 28.8. The average Bonchev–Trinajstić information content (AvgIpc) is 3.05. The monoisotopic (exact) mass is 654 g/mol. The molecule has 1 aliphatic heterocycles. The highest BCUT2D eigenvalue weighted by atomic mass is 16.7. The van der Waals surface area contributed by atoms with Crippen LogP contribution in [0.3, 0.4) is 0 Å². The minimum Gasteiger partial charge on any atom is -0.457 e. The molecule has 6 unspecified atom stereocenters. The highest BCUT2D eigenvalue weighted by Gasteiger charge is 2.44. The molecule has 0 spiro atoms. The quantitative estimate of drug-likeness (QED) is 0.0407. The van der Waals surface area contributed by atoms with E-state index in [1.54, 1.807) is 0 Å². The van der Waals surface area contributed by atoms with E-state index in [0.29, 0.717) is 13.0 Å². The Balaban J connectivity index is 2.31. The molecule has 4 N–H and O–H groups in total. The Morgan fingerprint density at radius 3 is 2.00 bits per heavy atom. The van der Waals surface area contributed by atoms with E-state index < -0.39 is 43.4 Å². The molecule has 0 aromatic rings. The van der Waals surface area contributed by atoms with E-state index in [9.17, 15) is 25.2 Å². The zero-order valence-electron chi connectivity index (χ0n) is 28.8. The number of hydrogen-bond acceptors (Lipinski definition) is 9. The first kappa shape index (κ1) is 42.4. The second-order valence-corrected chi connectivity index (χ2v) is 12.3. The van der Waals surface area contributed by atoms with Gasteiger partial charge in [0.25, 0.3) is 0 Å². The molecule has 0 aliphatic carbocycles. The maximum atomic E-state index is 12.6. The fraction of sp³-hybridized carbons (Fsp3) is 0.811. The van der Waals surface area contributed by atoms with Crippen LogP contribution in [0.15, 0.2) is 36.5 Å². The molecule has 1 fully saturated rings. The fourth-order valence-electron chi connectivity index (χ4n) is 5.21. The summed E-state index contributed by atoms with van der Waals surface area (Å²) in [6.45, 7) is 4.35. The molecule has 0 amide bonds. The standard InChI is InChI=1S/C37H66O9/c1-3-5-7-9-11-12-13-14-15-16-17-18-19-21-23-25-27-43-29-31(45-33(39)26-24-22-20-10-8-6-4-2)30-44-37-36(42)35(41)34(40)32(28-38)46-37/h5,7,11-12,14-15,31-32,34-38,40-42H,3-4,6,8-10,13,16-30H2,1-2H3/b7-5-,12-11-,15-14-. The van der Waals surface area contributed by atoms with Crippen LogP contribution in [0.5, 0.6) is 0 Å². The average molecular weight is 655 g/mol. The van der Waals surface area contributed by atoms with E-state index in [2.05, 4.69) is 50.3 Å². The lowest BCUT2D eigenvalue weighted by molar-refractivity contribution is -0.305. The van der Waals surface area contributed by atoms with Crippen LogP contribution in [0.1, 0.15) is 129 Å². The Bertz CT molecular complexity index is 798. The number of unbranched alkanes of at least 4 members (excludes halogenated alkanes) is 12. The number of aliphatic hydroxyl groups is 4. The number of rotatable bonds is 29. The van der Waals surface area contributed by atoms with Gasteiger partial charge in [-0.3, -0.25) is 4.79 Å². The third kappa shape index (κ3) is 21.3. The molecule has 1 saturated heterocycles. The van der Waals surface area contributed by atoms with Gasteiger partial charge in [-0.2, -0.15) is 0 Å². The van der Waals surface area contributed by atoms with E-state index in [1.165, 1.54) is 44.9 Å². The van der Waals surface area contributed by atoms with Crippen molar-refractivity contribution in [2.45, 2.75) is 166 Å². The van der Waals surface area contributed by atoms with Crippen molar-refractivity contribution in [3.05, 3.63) is 36.5 Å². The number of esters is 1. The molecular weight excluding hydrogens is 588 g/mol. The van der Waals surface area contributed by atoms with Gasteiger partial charge in [-0.1, -0.05) is 115 Å². The molecule has 9 nitrogen and oxygen atoms in total. The van der Waals surface area contributed by atoms with Crippen molar-refractivity contribution in [2.24, 2.45) is 0 Å². The number of ether oxygens (including phenoxy) is 4. The first-order valence-corrected chi connectivity index (χ1v) is 18.1. The number of carbonyl (C=O) groups is 1. The molecule has 0 radical (unpaired) electrons. The van der Waals surface area contributed by atoms with E-state index in [0.717, 1.165) is 64.2 Å². The predicted molar refractivity (Wildman–Crippen MR) is 182 cm³/mol. The lowest BCUT2D eigenvalue weighted by Crippen LogP contribution is -2.59. The summed E-state index contributed by atoms with van der Waals surface area (Å²) >= 11 is 0. The molecule has 0 aromatic carbocycles. The number of allylic oxidation sites excluding steroid dienone is 6. The molecule has 1 aliphatic rings. The third-order valence-corrected chi connectivity index (χ3v) is 8.07. The topological polar surface area (TPSA) is 135 Å². The molecule has 268 valence electrons. The van der Waals surface area contributed by atoms with Crippen molar-refractivity contribution in [3.63, 3.8) is 0 Å². The summed E-state index contributed by atoms with van der Waals surface area (Å²) in [5, 5.41) is 39.8. The Hall–Kier alpha value is -1.59. The Labute approximate surface area is 279 Å². The van der Waals surface area contributed by atoms with E-state index in [-0.39, 0.29) is 19.2 Å². The van der Waals surface area contributed by atoms with Gasteiger partial charge in [0, 0.05) is 13.0 Å². The minimum absolute atomic E-state index is 0.119. The lowest BCUT2D eigenvalue weighted by atomic mass is 9.99. The third-order valence-electron chi connectivity index (χ3n) is 8.07. The smallest absolute Gasteiger partial charge is 0.306 e. The molecule has 46 heavy (non-hydrogen) atoms. The SMILES string of the molecule is CC/C=C\C/C=C\C/C=C\CCCCCCCCOCC(COC1OC(CO)C(O)C(O)C1O)OC(=O)CCCCCCCCC. The molecule has 9 heteroatoms. The molecular formula is C37H66O9. The van der Waals surface area contributed by atoms with E-state index >= 15 is 0 Å². The van der Waals surface area contributed by atoms with Crippen LogP contribution in [0, 0.1) is 0 Å². The molecule has 0 bridgehead atoms. The van der Waals surface area contributed by atoms with Gasteiger partial charge >= 0.3 is 5.97 Å². The van der Waals surface area contributed by atoms with Gasteiger partial charge in [-0.15, -0.1) is 0 Å². The first-order chi connectivity index (χ1) is 22.4. The molecule has 0 aromatic heterocycles. The van der Waals surface area contributed by atoms with Gasteiger partial charge in [0.05, 0.1) is 19.8 Å². The summed E-state index contributed by atoms with van der Waals surface area (Å²) < 4.78 is 22.6. The van der Waals surface area contributed by atoms with Gasteiger partial charge in [-0.05, 0) is 44.9 Å². The maximum Gasteiger partial charge on any atom is 0.306 e. The molecule has 1 rings (SSSR count). The van der Waals surface area contributed by atoms with Gasteiger partial charge < -0.3 is 39.4 Å². The summed E-state index contributed by atoms with van der Waals surface area (Å²) in [6, 6.07) is 0. The van der Waals surface area contributed by atoms with Crippen molar-refractivity contribution >= 4 is 5.97 Å². The van der Waals surface area contributed by atoms with Crippen molar-refractivity contribution in [1.29, 1.82) is 0 Å². The van der Waals surface area contributed by atoms with Crippen molar-refractivity contribution in [3.8, 4) is 0 Å². The Morgan fingerprint density at radius 2 is 1.33 bits per heavy atom. The van der Waals surface area contributed by atoms with Crippen LogP contribution in [-0.4, -0.2) is 89.6 Å². The second-order valence-electron chi connectivity index (χ2n) is 12.3. The number of aliphatic hydroxyl groups excluding tert-OH is 4. The number of hydrogen-bond donors (Lipinski definition) is 4. The van der Waals surface area contributed by atoms with Crippen molar-refractivity contribution in [1.82, 2.24) is 0 Å². The van der Waals surface area contributed by atoms with Crippen LogP contribution in [0.4, 0.5) is 0 Å². The molecule has 0 saturated carbocycles. The maximum absolute atomic E-state index is 12.6. The number of carbonyl (C=O) groups excluding carboxylic acids is 1. The van der Waals surface area contributed by atoms with Crippen LogP contribution in [0.2, 0.25) is 0 Å². The predicted octanol–water partition coefficient (Wildman–Crippen LogP) is 6.46. The Morgan fingerprint density at radius 1 is 0.717 bits per heavy atom. The van der Waals surface area contributed by atoms with Gasteiger partial charge in [0.15, 0.2) is 6.29 Å². The fourth-order valence-corrected chi connectivity index (χ4v) is 5.21. The minimum atomic E-state index is -1.53. The summed E-state index contributed by atoms with van der Waals surface area (Å²) in [6.07, 6.45) is 24.7. The summed E-state index contributed by atoms with van der Waals surface area (Å²) in [7, 11) is 0. The van der Waals surface area contributed by atoms with Crippen molar-refractivity contribution < 1.29 is 44.2 Å². The van der Waals surface area contributed by atoms with Crippen LogP contribution >= 0.6 is 0 Å². The van der Waals surface area contributed by atoms with Crippen LogP contribution in [0.25, 0.3) is 0 Å². The summed E-state index contributed by atoms with van der Waals surface area (Å²) in [5.41, 5.74) is 0. The van der Waals surface area contributed by atoms with Gasteiger partial charge in [0.2, 0.25) is 0 Å². The van der Waals surface area contributed by atoms with Crippen LogP contribution in [-0.2, 0) is 23.7 Å². The van der Waals surface area contributed by atoms with Gasteiger partial charge in [0.1, 0.15) is 30.5 Å². The second kappa shape index (κ2) is 29.5. The van der Waals surface area contributed by atoms with Crippen LogP contribution < -0.4 is 0 Å². The highest BCUT2D eigenvalue weighted by Crippen LogP contribution is 2.22.